The van der Waals surface area contributed by atoms with Crippen LogP contribution in [-0.2, 0) is 15.3 Å². The molecule has 0 aliphatic carbocycles. The number of carbonyl (C=O) groups is 2. The summed E-state index contributed by atoms with van der Waals surface area (Å²) in [5, 5.41) is 20.6. The molecular formula is C34H35N3O5S2. The fraction of sp³-hybridized carbons (Fsp3) is 0.294. The van der Waals surface area contributed by atoms with Gasteiger partial charge in [0.1, 0.15) is 5.76 Å². The molecule has 1 aliphatic heterocycles. The van der Waals surface area contributed by atoms with Gasteiger partial charge in [-0.05, 0) is 62.1 Å². The number of anilines is 1. The molecule has 8 nitrogen and oxygen atoms in total. The molecule has 3 aromatic carbocycles. The number of thioether (sulfide) groups is 1. The van der Waals surface area contributed by atoms with Crippen LogP contribution in [0.1, 0.15) is 59.2 Å². The molecule has 4 aromatic rings. The normalized spacial score (nSPS) is 16.0. The third-order valence-electron chi connectivity index (χ3n) is 7.44. The van der Waals surface area contributed by atoms with Crippen LogP contribution in [0.4, 0.5) is 5.13 Å². The lowest BCUT2D eigenvalue weighted by Gasteiger charge is -2.23. The van der Waals surface area contributed by atoms with Crippen molar-refractivity contribution in [1.82, 2.24) is 10.2 Å². The summed E-state index contributed by atoms with van der Waals surface area (Å²) < 4.78 is 12.2. The highest BCUT2D eigenvalue weighted by atomic mass is 32.2. The molecular weight excluding hydrogens is 595 g/mol. The van der Waals surface area contributed by atoms with Crippen molar-refractivity contribution < 1.29 is 24.2 Å². The molecule has 0 radical (unpaired) electrons. The molecule has 1 aliphatic rings. The van der Waals surface area contributed by atoms with Gasteiger partial charge in [0.2, 0.25) is 5.13 Å². The second kappa shape index (κ2) is 13.7. The lowest BCUT2D eigenvalue weighted by atomic mass is 9.93. The first-order chi connectivity index (χ1) is 21.2. The number of aliphatic hydroxyl groups excluding tert-OH is 1. The Hall–Kier alpha value is -4.15. The number of benzene rings is 3. The Kier molecular flexibility index (Phi) is 9.71. The Bertz CT molecular complexity index is 1710. The molecule has 1 unspecified atom stereocenters. The third-order valence-corrected chi connectivity index (χ3v) is 9.56. The highest BCUT2D eigenvalue weighted by molar-refractivity contribution is 8.00. The van der Waals surface area contributed by atoms with Crippen LogP contribution < -0.4 is 14.4 Å². The van der Waals surface area contributed by atoms with Crippen LogP contribution in [0.2, 0.25) is 0 Å². The number of methoxy groups -OCH3 is 1. The molecule has 0 saturated carbocycles. The van der Waals surface area contributed by atoms with Gasteiger partial charge < -0.3 is 14.6 Å². The van der Waals surface area contributed by atoms with Gasteiger partial charge in [-0.15, -0.1) is 10.2 Å². The lowest BCUT2D eigenvalue weighted by molar-refractivity contribution is -0.132. The Balaban J connectivity index is 1.58. The zero-order chi connectivity index (χ0) is 31.4. The molecule has 228 valence electrons. The SMILES string of the molecule is CCCCOc1ccc(C2/C(=C(\O)c3cc(C)ccc3C)C(=O)C(=O)N2c2nnc(SCc3ccc(C)cc3)s2)cc1OC. The highest BCUT2D eigenvalue weighted by Crippen LogP contribution is 2.46. The van der Waals surface area contributed by atoms with Gasteiger partial charge in [0.15, 0.2) is 15.8 Å². The summed E-state index contributed by atoms with van der Waals surface area (Å²) in [6.45, 7) is 8.43. The van der Waals surface area contributed by atoms with E-state index in [9.17, 15) is 14.7 Å². The molecule has 0 bridgehead atoms. The molecule has 5 rings (SSSR count). The molecule has 1 N–H and O–H groups in total. The van der Waals surface area contributed by atoms with Crippen LogP contribution in [0.15, 0.2) is 70.6 Å². The van der Waals surface area contributed by atoms with Crippen LogP contribution in [0, 0.1) is 20.8 Å². The van der Waals surface area contributed by atoms with E-state index in [0.29, 0.717) is 39.3 Å². The maximum atomic E-state index is 13.7. The maximum Gasteiger partial charge on any atom is 0.301 e. The summed E-state index contributed by atoms with van der Waals surface area (Å²) in [6.07, 6.45) is 1.88. The number of ether oxygens (including phenoxy) is 2. The van der Waals surface area contributed by atoms with E-state index in [0.717, 1.165) is 29.5 Å². The Morgan fingerprint density at radius 2 is 1.73 bits per heavy atom. The topological polar surface area (TPSA) is 102 Å². The number of Topliss-reactive ketones (excluding diaryl/α,β-unsaturated/α-hetero) is 1. The van der Waals surface area contributed by atoms with Gasteiger partial charge in [-0.3, -0.25) is 14.5 Å². The van der Waals surface area contributed by atoms with Gasteiger partial charge >= 0.3 is 5.91 Å². The number of hydrogen-bond donors (Lipinski definition) is 1. The van der Waals surface area contributed by atoms with Crippen LogP contribution >= 0.6 is 23.1 Å². The van der Waals surface area contributed by atoms with E-state index in [4.69, 9.17) is 9.47 Å². The second-order valence-corrected chi connectivity index (χ2v) is 12.9. The molecule has 0 spiro atoms. The first-order valence-corrected chi connectivity index (χ1v) is 16.2. The summed E-state index contributed by atoms with van der Waals surface area (Å²) in [5.74, 6) is -0.113. The summed E-state index contributed by atoms with van der Waals surface area (Å²) >= 11 is 2.74. The van der Waals surface area contributed by atoms with Crippen molar-refractivity contribution in [1.29, 1.82) is 0 Å². The smallest absolute Gasteiger partial charge is 0.301 e. The minimum absolute atomic E-state index is 0.0190. The van der Waals surface area contributed by atoms with Gasteiger partial charge in [0, 0.05) is 11.3 Å². The number of aryl methyl sites for hydroxylation is 3. The third kappa shape index (κ3) is 6.51. The highest BCUT2D eigenvalue weighted by Gasteiger charge is 2.48. The van der Waals surface area contributed by atoms with Crippen LogP contribution in [0.25, 0.3) is 5.76 Å². The van der Waals surface area contributed by atoms with E-state index >= 15 is 0 Å². The van der Waals surface area contributed by atoms with Crippen molar-refractivity contribution in [2.45, 2.75) is 56.7 Å². The number of nitrogens with zero attached hydrogens (tertiary/aromatic N) is 3. The molecule has 2 heterocycles. The Morgan fingerprint density at radius 1 is 0.977 bits per heavy atom. The summed E-state index contributed by atoms with van der Waals surface area (Å²) in [7, 11) is 1.54. The van der Waals surface area contributed by atoms with Gasteiger partial charge in [0.05, 0.1) is 25.3 Å². The van der Waals surface area contributed by atoms with Crippen LogP contribution in [0.5, 0.6) is 11.5 Å². The lowest BCUT2D eigenvalue weighted by Crippen LogP contribution is -2.29. The molecule has 44 heavy (non-hydrogen) atoms. The number of ketones is 1. The fourth-order valence-electron chi connectivity index (χ4n) is 4.97. The van der Waals surface area contributed by atoms with Crippen molar-refractivity contribution in [3.8, 4) is 11.5 Å². The molecule has 1 aromatic heterocycles. The van der Waals surface area contributed by atoms with E-state index in [-0.39, 0.29) is 16.5 Å². The predicted octanol–water partition coefficient (Wildman–Crippen LogP) is 7.57. The Labute approximate surface area is 265 Å². The second-order valence-electron chi connectivity index (χ2n) is 10.7. The summed E-state index contributed by atoms with van der Waals surface area (Å²) in [6, 6.07) is 18.2. The summed E-state index contributed by atoms with van der Waals surface area (Å²) in [5.41, 5.74) is 5.06. The number of amides is 1. The number of hydrogen-bond acceptors (Lipinski definition) is 9. The van der Waals surface area contributed by atoms with Crippen molar-refractivity contribution in [3.05, 3.63) is 99.6 Å². The molecule has 1 fully saturated rings. The minimum atomic E-state index is -0.962. The number of rotatable bonds is 11. The van der Waals surface area contributed by atoms with E-state index in [2.05, 4.69) is 41.4 Å². The van der Waals surface area contributed by atoms with Gasteiger partial charge in [-0.25, -0.2) is 0 Å². The summed E-state index contributed by atoms with van der Waals surface area (Å²) in [4.78, 5) is 28.8. The van der Waals surface area contributed by atoms with Gasteiger partial charge in [0.25, 0.3) is 5.78 Å². The van der Waals surface area contributed by atoms with Crippen molar-refractivity contribution >= 4 is 45.7 Å². The number of aliphatic hydroxyl groups is 1. The zero-order valence-corrected chi connectivity index (χ0v) is 27.1. The first kappa shape index (κ1) is 31.3. The van der Waals surface area contributed by atoms with Crippen molar-refractivity contribution in [3.63, 3.8) is 0 Å². The number of aromatic nitrogens is 2. The zero-order valence-electron chi connectivity index (χ0n) is 25.4. The van der Waals surface area contributed by atoms with Crippen molar-refractivity contribution in [2.75, 3.05) is 18.6 Å². The average Bonchev–Trinajstić information content (AvgIpc) is 3.59. The molecule has 1 amide bonds. The van der Waals surface area contributed by atoms with Gasteiger partial charge in [-0.2, -0.15) is 0 Å². The van der Waals surface area contributed by atoms with Crippen LogP contribution in [0.3, 0.4) is 0 Å². The van der Waals surface area contributed by atoms with E-state index in [1.807, 2.05) is 39.0 Å². The van der Waals surface area contributed by atoms with Gasteiger partial charge in [-0.1, -0.05) is 90.0 Å². The van der Waals surface area contributed by atoms with Crippen LogP contribution in [-0.4, -0.2) is 40.7 Å². The minimum Gasteiger partial charge on any atom is -0.507 e. The monoisotopic (exact) mass is 629 g/mol. The number of unbranched alkanes of at least 4 members (excludes halogenated alkanes) is 1. The quantitative estimate of drug-likeness (QED) is 0.0453. The fourth-order valence-corrected chi connectivity index (χ4v) is 6.79. The van der Waals surface area contributed by atoms with E-state index in [1.165, 1.54) is 33.6 Å². The standard InChI is InChI=1S/C34H35N3O5S2/c1-6-7-16-42-26-15-14-24(18-27(26)41-5)29-28(30(38)25-17-21(3)8-11-22(25)4)31(39)32(40)37(29)33-35-36-34(44-33)43-19-23-12-9-20(2)10-13-23/h8-15,17-18,29,38H,6-7,16,19H2,1-5H3/b30-28+. The molecule has 1 atom stereocenters. The Morgan fingerprint density at radius 3 is 2.45 bits per heavy atom. The molecule has 1 saturated heterocycles. The largest absolute Gasteiger partial charge is 0.507 e. The number of carbonyl (C=O) groups excluding carboxylic acids is 2. The average molecular weight is 630 g/mol. The molecule has 10 heteroatoms. The first-order valence-electron chi connectivity index (χ1n) is 14.4. The van der Waals surface area contributed by atoms with E-state index in [1.54, 1.807) is 25.3 Å². The van der Waals surface area contributed by atoms with E-state index < -0.39 is 17.7 Å². The predicted molar refractivity (Wildman–Crippen MR) is 175 cm³/mol. The van der Waals surface area contributed by atoms with Crippen molar-refractivity contribution in [2.24, 2.45) is 0 Å². The maximum absolute atomic E-state index is 13.7.